The van der Waals surface area contributed by atoms with E-state index in [9.17, 15) is 4.79 Å². The molecule has 2 N–H and O–H groups in total. The molecule has 0 spiro atoms. The minimum Gasteiger partial charge on any atom is -0.457 e. The molecule has 0 aliphatic heterocycles. The van der Waals surface area contributed by atoms with E-state index in [4.69, 9.17) is 4.74 Å². The molecular weight excluding hydrogens is 312 g/mol. The van der Waals surface area contributed by atoms with Gasteiger partial charge in [0.25, 0.3) is 5.91 Å². The Bertz CT molecular complexity index is 1000. The van der Waals surface area contributed by atoms with E-state index < -0.39 is 0 Å². The lowest BCUT2D eigenvalue weighted by atomic mass is 10.1. The van der Waals surface area contributed by atoms with Crippen LogP contribution >= 0.6 is 0 Å². The van der Waals surface area contributed by atoms with Crippen molar-refractivity contribution in [3.63, 3.8) is 0 Å². The van der Waals surface area contributed by atoms with Crippen LogP contribution in [0, 0.1) is 0 Å². The zero-order valence-electron chi connectivity index (χ0n) is 13.4. The van der Waals surface area contributed by atoms with E-state index in [0.717, 1.165) is 22.4 Å². The maximum absolute atomic E-state index is 12.5. The van der Waals surface area contributed by atoms with Crippen LogP contribution in [0.4, 0.5) is 5.69 Å². The highest BCUT2D eigenvalue weighted by atomic mass is 16.5. The Kier molecular flexibility index (Phi) is 3.92. The van der Waals surface area contributed by atoms with Crippen LogP contribution in [0.25, 0.3) is 10.9 Å². The minimum absolute atomic E-state index is 0.148. The fraction of sp³-hybridized carbons (Fsp3) is 0. The topological polar surface area (TPSA) is 54.1 Å². The molecule has 0 bridgehead atoms. The molecule has 0 atom stereocenters. The summed E-state index contributed by atoms with van der Waals surface area (Å²) in [5.41, 5.74) is 2.17. The lowest BCUT2D eigenvalue weighted by Crippen LogP contribution is -2.12. The zero-order valence-corrected chi connectivity index (χ0v) is 13.4. The van der Waals surface area contributed by atoms with Crippen molar-refractivity contribution in [1.29, 1.82) is 0 Å². The highest BCUT2D eigenvalue weighted by molar-refractivity contribution is 6.11. The first-order chi connectivity index (χ1) is 12.3. The van der Waals surface area contributed by atoms with E-state index in [-0.39, 0.29) is 5.91 Å². The fourth-order valence-electron chi connectivity index (χ4n) is 2.70. The summed E-state index contributed by atoms with van der Waals surface area (Å²) in [5, 5.41) is 3.93. The molecule has 1 aromatic heterocycles. The number of ether oxygens (including phenoxy) is 1. The van der Waals surface area contributed by atoms with Gasteiger partial charge in [-0.25, -0.2) is 0 Å². The molecule has 4 nitrogen and oxygen atoms in total. The van der Waals surface area contributed by atoms with Gasteiger partial charge in [-0.2, -0.15) is 0 Å². The molecule has 0 unspecified atom stereocenters. The van der Waals surface area contributed by atoms with Gasteiger partial charge in [0.2, 0.25) is 0 Å². The Morgan fingerprint density at radius 1 is 0.800 bits per heavy atom. The maximum Gasteiger partial charge on any atom is 0.257 e. The molecule has 1 amide bonds. The van der Waals surface area contributed by atoms with Crippen LogP contribution in [-0.4, -0.2) is 10.9 Å². The number of hydrogen-bond acceptors (Lipinski definition) is 2. The van der Waals surface area contributed by atoms with Crippen molar-refractivity contribution >= 4 is 22.5 Å². The first-order valence-corrected chi connectivity index (χ1v) is 8.00. The summed E-state index contributed by atoms with van der Waals surface area (Å²) in [6.07, 6.45) is 1.83. The summed E-state index contributed by atoms with van der Waals surface area (Å²) >= 11 is 0. The highest BCUT2D eigenvalue weighted by Crippen LogP contribution is 2.23. The van der Waals surface area contributed by atoms with Gasteiger partial charge in [0.1, 0.15) is 11.5 Å². The standard InChI is InChI=1S/C21H16N2O2/c24-21(19-8-4-5-15-13-14-22-20(15)19)23-16-9-11-18(12-10-16)25-17-6-2-1-3-7-17/h1-14,22H,(H,23,24). The number of para-hydroxylation sites is 2. The van der Waals surface area contributed by atoms with Crippen molar-refractivity contribution in [3.8, 4) is 11.5 Å². The number of hydrogen-bond donors (Lipinski definition) is 2. The van der Waals surface area contributed by atoms with Gasteiger partial charge in [0.05, 0.1) is 11.1 Å². The molecule has 122 valence electrons. The molecule has 25 heavy (non-hydrogen) atoms. The minimum atomic E-state index is -0.148. The van der Waals surface area contributed by atoms with Crippen molar-refractivity contribution in [3.05, 3.63) is 90.6 Å². The van der Waals surface area contributed by atoms with Crippen LogP contribution in [0.15, 0.2) is 85.1 Å². The second-order valence-electron chi connectivity index (χ2n) is 5.64. The summed E-state index contributed by atoms with van der Waals surface area (Å²) in [5.74, 6) is 1.35. The fourth-order valence-corrected chi connectivity index (χ4v) is 2.70. The summed E-state index contributed by atoms with van der Waals surface area (Å²) in [6, 6.07) is 24.5. The highest BCUT2D eigenvalue weighted by Gasteiger charge is 2.11. The predicted octanol–water partition coefficient (Wildman–Crippen LogP) is 5.21. The Morgan fingerprint density at radius 3 is 2.36 bits per heavy atom. The number of aromatic amines is 1. The number of nitrogens with one attached hydrogen (secondary N) is 2. The Labute approximate surface area is 145 Å². The van der Waals surface area contributed by atoms with Gasteiger partial charge in [-0.15, -0.1) is 0 Å². The van der Waals surface area contributed by atoms with Crippen LogP contribution in [-0.2, 0) is 0 Å². The SMILES string of the molecule is O=C(Nc1ccc(Oc2ccccc2)cc1)c1cccc2cc[nH]c12. The Balaban J connectivity index is 1.49. The second kappa shape index (κ2) is 6.53. The number of benzene rings is 3. The molecule has 3 aromatic carbocycles. The molecule has 4 rings (SSSR count). The van der Waals surface area contributed by atoms with Gasteiger partial charge in [0.15, 0.2) is 0 Å². The number of carbonyl (C=O) groups is 1. The summed E-state index contributed by atoms with van der Waals surface area (Å²) in [7, 11) is 0. The third kappa shape index (κ3) is 3.23. The van der Waals surface area contributed by atoms with Gasteiger partial charge >= 0.3 is 0 Å². The molecule has 0 fully saturated rings. The van der Waals surface area contributed by atoms with E-state index in [1.807, 2.05) is 79.0 Å². The van der Waals surface area contributed by atoms with Gasteiger partial charge in [-0.3, -0.25) is 4.79 Å². The molecule has 1 heterocycles. The summed E-state index contributed by atoms with van der Waals surface area (Å²) in [6.45, 7) is 0. The monoisotopic (exact) mass is 328 g/mol. The molecule has 0 saturated carbocycles. The average Bonchev–Trinajstić information content (AvgIpc) is 3.13. The van der Waals surface area contributed by atoms with Crippen LogP contribution in [0.2, 0.25) is 0 Å². The first kappa shape index (κ1) is 15.0. The van der Waals surface area contributed by atoms with Crippen molar-refractivity contribution in [2.75, 3.05) is 5.32 Å². The largest absolute Gasteiger partial charge is 0.457 e. The summed E-state index contributed by atoms with van der Waals surface area (Å²) < 4.78 is 5.75. The first-order valence-electron chi connectivity index (χ1n) is 8.00. The van der Waals surface area contributed by atoms with E-state index in [1.54, 1.807) is 6.07 Å². The third-order valence-electron chi connectivity index (χ3n) is 3.92. The molecule has 0 aliphatic carbocycles. The number of rotatable bonds is 4. The van der Waals surface area contributed by atoms with Crippen LogP contribution in [0.5, 0.6) is 11.5 Å². The van der Waals surface area contributed by atoms with Crippen LogP contribution < -0.4 is 10.1 Å². The van der Waals surface area contributed by atoms with E-state index in [1.165, 1.54) is 0 Å². The zero-order chi connectivity index (χ0) is 17.1. The van der Waals surface area contributed by atoms with Crippen LogP contribution in [0.1, 0.15) is 10.4 Å². The van der Waals surface area contributed by atoms with Crippen molar-refractivity contribution in [2.45, 2.75) is 0 Å². The van der Waals surface area contributed by atoms with Gasteiger partial charge in [-0.1, -0.05) is 30.3 Å². The number of anilines is 1. The van der Waals surface area contributed by atoms with Crippen LogP contribution in [0.3, 0.4) is 0 Å². The predicted molar refractivity (Wildman–Crippen MR) is 99.2 cm³/mol. The molecular formula is C21H16N2O2. The van der Waals surface area contributed by atoms with E-state index >= 15 is 0 Å². The summed E-state index contributed by atoms with van der Waals surface area (Å²) in [4.78, 5) is 15.7. The second-order valence-corrected chi connectivity index (χ2v) is 5.64. The van der Waals surface area contributed by atoms with E-state index in [0.29, 0.717) is 11.3 Å². The number of fused-ring (bicyclic) bond motifs is 1. The smallest absolute Gasteiger partial charge is 0.257 e. The quantitative estimate of drug-likeness (QED) is 0.540. The van der Waals surface area contributed by atoms with Gasteiger partial charge < -0.3 is 15.0 Å². The van der Waals surface area contributed by atoms with E-state index in [2.05, 4.69) is 10.3 Å². The lowest BCUT2D eigenvalue weighted by molar-refractivity contribution is 0.102. The van der Waals surface area contributed by atoms with Gasteiger partial charge in [-0.05, 0) is 48.5 Å². The number of amides is 1. The number of H-pyrrole nitrogens is 1. The average molecular weight is 328 g/mol. The molecule has 0 saturated heterocycles. The third-order valence-corrected chi connectivity index (χ3v) is 3.92. The molecule has 0 radical (unpaired) electrons. The lowest BCUT2D eigenvalue weighted by Gasteiger charge is -2.08. The number of carbonyl (C=O) groups excluding carboxylic acids is 1. The normalized spacial score (nSPS) is 10.6. The maximum atomic E-state index is 12.5. The van der Waals surface area contributed by atoms with Gasteiger partial charge in [0, 0.05) is 17.3 Å². The van der Waals surface area contributed by atoms with Crippen molar-refractivity contribution < 1.29 is 9.53 Å². The Morgan fingerprint density at radius 2 is 1.56 bits per heavy atom. The molecule has 0 aliphatic rings. The molecule has 4 heteroatoms. The number of aromatic nitrogens is 1. The Hall–Kier alpha value is -3.53. The molecule has 4 aromatic rings. The van der Waals surface area contributed by atoms with Crippen molar-refractivity contribution in [1.82, 2.24) is 4.98 Å². The van der Waals surface area contributed by atoms with Crippen molar-refractivity contribution in [2.24, 2.45) is 0 Å².